The first-order valence-corrected chi connectivity index (χ1v) is 10.2. The first-order chi connectivity index (χ1) is 15.3. The SMILES string of the molecule is COc1ccc(N2C(=O)C(=O)/C(=C(/O)c3ccc(Cl)cc3)C2c2cccc(F)c2)cc1Cl. The average molecular weight is 472 g/mol. The van der Waals surface area contributed by atoms with Crippen LogP contribution in [0.1, 0.15) is 17.2 Å². The molecule has 0 aromatic heterocycles. The van der Waals surface area contributed by atoms with Crippen molar-refractivity contribution in [1.29, 1.82) is 0 Å². The van der Waals surface area contributed by atoms with E-state index in [9.17, 15) is 19.1 Å². The van der Waals surface area contributed by atoms with E-state index in [-0.39, 0.29) is 10.6 Å². The van der Waals surface area contributed by atoms with E-state index in [0.717, 1.165) is 0 Å². The Morgan fingerprint density at radius 3 is 2.38 bits per heavy atom. The lowest BCUT2D eigenvalue weighted by atomic mass is 9.95. The molecule has 0 radical (unpaired) electrons. The highest BCUT2D eigenvalue weighted by Crippen LogP contribution is 2.43. The van der Waals surface area contributed by atoms with Crippen molar-refractivity contribution in [1.82, 2.24) is 0 Å². The van der Waals surface area contributed by atoms with E-state index in [0.29, 0.717) is 27.6 Å². The summed E-state index contributed by atoms with van der Waals surface area (Å²) in [5.74, 6) is -2.34. The second kappa shape index (κ2) is 8.65. The Morgan fingerprint density at radius 2 is 1.75 bits per heavy atom. The van der Waals surface area contributed by atoms with Gasteiger partial charge in [-0.25, -0.2) is 4.39 Å². The fourth-order valence-corrected chi connectivity index (χ4v) is 4.04. The summed E-state index contributed by atoms with van der Waals surface area (Å²) in [6.07, 6.45) is 0. The fourth-order valence-electron chi connectivity index (χ4n) is 3.66. The van der Waals surface area contributed by atoms with Crippen LogP contribution in [0, 0.1) is 5.82 Å². The smallest absolute Gasteiger partial charge is 0.300 e. The molecule has 162 valence electrons. The molecule has 0 bridgehead atoms. The van der Waals surface area contributed by atoms with Gasteiger partial charge in [-0.1, -0.05) is 35.3 Å². The summed E-state index contributed by atoms with van der Waals surface area (Å²) >= 11 is 12.2. The monoisotopic (exact) mass is 471 g/mol. The van der Waals surface area contributed by atoms with Crippen LogP contribution in [0.15, 0.2) is 72.3 Å². The number of aliphatic hydroxyl groups excluding tert-OH is 1. The number of carbonyl (C=O) groups is 2. The molecule has 1 amide bonds. The van der Waals surface area contributed by atoms with Crippen LogP contribution in [0.25, 0.3) is 5.76 Å². The maximum atomic E-state index is 14.1. The van der Waals surface area contributed by atoms with Crippen LogP contribution in [0.5, 0.6) is 5.75 Å². The molecule has 0 spiro atoms. The molecule has 32 heavy (non-hydrogen) atoms. The normalized spacial score (nSPS) is 17.6. The highest BCUT2D eigenvalue weighted by Gasteiger charge is 2.47. The molecule has 1 fully saturated rings. The first-order valence-electron chi connectivity index (χ1n) is 9.47. The van der Waals surface area contributed by atoms with Gasteiger partial charge in [0.25, 0.3) is 11.7 Å². The third-order valence-corrected chi connectivity index (χ3v) is 5.69. The van der Waals surface area contributed by atoms with Crippen LogP contribution in [0.2, 0.25) is 10.0 Å². The highest BCUT2D eigenvalue weighted by atomic mass is 35.5. The number of aliphatic hydroxyl groups is 1. The van der Waals surface area contributed by atoms with Crippen LogP contribution in [-0.4, -0.2) is 23.9 Å². The van der Waals surface area contributed by atoms with E-state index in [1.807, 2.05) is 0 Å². The third-order valence-electron chi connectivity index (χ3n) is 5.14. The minimum Gasteiger partial charge on any atom is -0.507 e. The Hall–Kier alpha value is -3.35. The number of ether oxygens (including phenoxy) is 1. The van der Waals surface area contributed by atoms with E-state index in [1.54, 1.807) is 30.3 Å². The Bertz CT molecular complexity index is 1260. The van der Waals surface area contributed by atoms with Gasteiger partial charge >= 0.3 is 0 Å². The van der Waals surface area contributed by atoms with E-state index in [2.05, 4.69) is 0 Å². The Morgan fingerprint density at radius 1 is 1.03 bits per heavy atom. The van der Waals surface area contributed by atoms with Crippen LogP contribution in [0.3, 0.4) is 0 Å². The van der Waals surface area contributed by atoms with Gasteiger partial charge in [-0.05, 0) is 60.2 Å². The van der Waals surface area contributed by atoms with Crippen LogP contribution in [-0.2, 0) is 9.59 Å². The number of methoxy groups -OCH3 is 1. The zero-order valence-corrected chi connectivity index (χ0v) is 18.2. The summed E-state index contributed by atoms with van der Waals surface area (Å²) < 4.78 is 19.2. The lowest BCUT2D eigenvalue weighted by molar-refractivity contribution is -0.132. The number of anilines is 1. The van der Waals surface area contributed by atoms with Gasteiger partial charge in [0.15, 0.2) is 0 Å². The van der Waals surface area contributed by atoms with Crippen LogP contribution >= 0.6 is 23.2 Å². The largest absolute Gasteiger partial charge is 0.507 e. The van der Waals surface area contributed by atoms with Gasteiger partial charge in [0.05, 0.1) is 23.7 Å². The van der Waals surface area contributed by atoms with Gasteiger partial charge in [-0.3, -0.25) is 14.5 Å². The number of rotatable bonds is 4. The third kappa shape index (κ3) is 3.83. The number of Topliss-reactive ketones (excluding diaryl/α,β-unsaturated/α-hetero) is 1. The van der Waals surface area contributed by atoms with Crippen molar-refractivity contribution in [2.75, 3.05) is 12.0 Å². The van der Waals surface area contributed by atoms with Crippen molar-refractivity contribution in [2.24, 2.45) is 0 Å². The molecule has 0 aliphatic carbocycles. The number of halogens is 3. The molecule has 1 atom stereocenters. The molecule has 5 nitrogen and oxygen atoms in total. The molecule has 1 saturated heterocycles. The molecule has 1 N–H and O–H groups in total. The predicted molar refractivity (Wildman–Crippen MR) is 121 cm³/mol. The lowest BCUT2D eigenvalue weighted by Crippen LogP contribution is -2.29. The van der Waals surface area contributed by atoms with Gasteiger partial charge < -0.3 is 9.84 Å². The van der Waals surface area contributed by atoms with E-state index in [4.69, 9.17) is 27.9 Å². The summed E-state index contributed by atoms with van der Waals surface area (Å²) in [5.41, 5.74) is 0.727. The molecule has 1 aliphatic rings. The van der Waals surface area contributed by atoms with E-state index in [1.165, 1.54) is 48.4 Å². The lowest BCUT2D eigenvalue weighted by Gasteiger charge is -2.26. The Labute approximate surface area is 193 Å². The van der Waals surface area contributed by atoms with Crippen molar-refractivity contribution >= 4 is 46.3 Å². The summed E-state index contributed by atoms with van der Waals surface area (Å²) in [7, 11) is 1.45. The number of hydrogen-bond acceptors (Lipinski definition) is 4. The quantitative estimate of drug-likeness (QED) is 0.298. The van der Waals surface area contributed by atoms with Crippen LogP contribution < -0.4 is 9.64 Å². The topological polar surface area (TPSA) is 66.8 Å². The second-order valence-electron chi connectivity index (χ2n) is 7.05. The minimum atomic E-state index is -1.08. The highest BCUT2D eigenvalue weighted by molar-refractivity contribution is 6.52. The van der Waals surface area contributed by atoms with E-state index < -0.39 is 29.3 Å². The average Bonchev–Trinajstić information content (AvgIpc) is 3.04. The van der Waals surface area contributed by atoms with Crippen molar-refractivity contribution in [3.8, 4) is 5.75 Å². The van der Waals surface area contributed by atoms with Gasteiger partial charge in [0.2, 0.25) is 0 Å². The van der Waals surface area contributed by atoms with Gasteiger partial charge in [-0.2, -0.15) is 0 Å². The van der Waals surface area contributed by atoms with Crippen molar-refractivity contribution < 1.29 is 23.8 Å². The minimum absolute atomic E-state index is 0.171. The molecular weight excluding hydrogens is 456 g/mol. The molecule has 0 saturated carbocycles. The Kier molecular flexibility index (Phi) is 5.91. The zero-order valence-electron chi connectivity index (χ0n) is 16.7. The molecule has 3 aromatic rings. The molecule has 1 unspecified atom stereocenters. The molecule has 8 heteroatoms. The fraction of sp³-hybridized carbons (Fsp3) is 0.0833. The molecule has 1 aliphatic heterocycles. The number of carbonyl (C=O) groups excluding carboxylic acids is 2. The molecule has 3 aromatic carbocycles. The summed E-state index contributed by atoms with van der Waals surface area (Å²) in [6.45, 7) is 0. The predicted octanol–water partition coefficient (Wildman–Crippen LogP) is 5.77. The number of nitrogens with zero attached hydrogens (tertiary/aromatic N) is 1. The summed E-state index contributed by atoms with van der Waals surface area (Å²) in [4.78, 5) is 27.3. The maximum absolute atomic E-state index is 14.1. The van der Waals surface area contributed by atoms with Gasteiger partial charge in [0, 0.05) is 16.3 Å². The van der Waals surface area contributed by atoms with Crippen LogP contribution in [0.4, 0.5) is 10.1 Å². The number of benzene rings is 3. The standard InChI is InChI=1S/C24H16Cl2FNO4/c1-32-19-10-9-17(12-18(19)26)28-21(14-3-2-4-16(27)11-14)20(23(30)24(28)31)22(29)13-5-7-15(25)8-6-13/h2-12,21,29H,1H3/b22-20+. The number of ketones is 1. The molecule has 4 rings (SSSR count). The van der Waals surface area contributed by atoms with E-state index >= 15 is 0 Å². The summed E-state index contributed by atoms with van der Waals surface area (Å²) in [6, 6.07) is 15.2. The van der Waals surface area contributed by atoms with Gasteiger partial charge in [0.1, 0.15) is 17.3 Å². The van der Waals surface area contributed by atoms with Crippen molar-refractivity contribution in [2.45, 2.75) is 6.04 Å². The summed E-state index contributed by atoms with van der Waals surface area (Å²) in [5, 5.41) is 11.7. The molecular formula is C24H16Cl2FNO4. The second-order valence-corrected chi connectivity index (χ2v) is 7.89. The van der Waals surface area contributed by atoms with Crippen molar-refractivity contribution in [3.63, 3.8) is 0 Å². The maximum Gasteiger partial charge on any atom is 0.300 e. The number of hydrogen-bond donors (Lipinski definition) is 1. The zero-order chi connectivity index (χ0) is 23.0. The van der Waals surface area contributed by atoms with Crippen molar-refractivity contribution in [3.05, 3.63) is 99.3 Å². The first kappa shape index (κ1) is 21.9. The Balaban J connectivity index is 1.95. The number of amides is 1. The van der Waals surface area contributed by atoms with Gasteiger partial charge in [-0.15, -0.1) is 0 Å². The molecule has 1 heterocycles.